The highest BCUT2D eigenvalue weighted by Gasteiger charge is 2.36. The zero-order chi connectivity index (χ0) is 17.6. The summed E-state index contributed by atoms with van der Waals surface area (Å²) < 4.78 is 0. The molecule has 130 valence electrons. The second kappa shape index (κ2) is 6.30. The van der Waals surface area contributed by atoms with Crippen LogP contribution in [-0.4, -0.2) is 36.8 Å². The Hall–Kier alpha value is -2.13. The van der Waals surface area contributed by atoms with E-state index in [1.165, 1.54) is 40.8 Å². The van der Waals surface area contributed by atoms with Crippen molar-refractivity contribution in [2.24, 2.45) is 5.10 Å². The fraction of sp³-hybridized carbons (Fsp3) is 0.409. The van der Waals surface area contributed by atoms with Crippen LogP contribution in [0, 0.1) is 0 Å². The van der Waals surface area contributed by atoms with Gasteiger partial charge in [0.25, 0.3) is 0 Å². The summed E-state index contributed by atoms with van der Waals surface area (Å²) in [6.45, 7) is 2.16. The van der Waals surface area contributed by atoms with Crippen molar-refractivity contribution in [1.29, 1.82) is 0 Å². The van der Waals surface area contributed by atoms with Gasteiger partial charge in [-0.05, 0) is 56.1 Å². The van der Waals surface area contributed by atoms with Crippen LogP contribution in [0.3, 0.4) is 0 Å². The minimum absolute atomic E-state index is 0.274. The van der Waals surface area contributed by atoms with Gasteiger partial charge in [-0.25, -0.2) is 0 Å². The quantitative estimate of drug-likeness (QED) is 0.830. The van der Waals surface area contributed by atoms with E-state index in [2.05, 4.69) is 86.5 Å². The van der Waals surface area contributed by atoms with Gasteiger partial charge in [-0.15, -0.1) is 0 Å². The number of nitrogens with zero attached hydrogens (tertiary/aromatic N) is 3. The monoisotopic (exact) mass is 333 g/mol. The van der Waals surface area contributed by atoms with Crippen molar-refractivity contribution < 1.29 is 0 Å². The number of rotatable bonds is 3. The fourth-order valence-corrected chi connectivity index (χ4v) is 4.63. The molecule has 1 heterocycles. The molecular weight excluding hydrogens is 306 g/mol. The van der Waals surface area contributed by atoms with E-state index < -0.39 is 0 Å². The van der Waals surface area contributed by atoms with Crippen LogP contribution in [-0.2, 0) is 6.42 Å². The van der Waals surface area contributed by atoms with Gasteiger partial charge in [-0.3, -0.25) is 5.01 Å². The normalized spacial score (nSPS) is 25.4. The molecule has 0 saturated carbocycles. The average Bonchev–Trinajstić information content (AvgIpc) is 3.15. The van der Waals surface area contributed by atoms with Crippen LogP contribution in [0.1, 0.15) is 53.6 Å². The molecule has 2 aromatic carbocycles. The molecule has 1 aliphatic carbocycles. The summed E-state index contributed by atoms with van der Waals surface area (Å²) >= 11 is 0. The molecule has 2 aliphatic rings. The van der Waals surface area contributed by atoms with Crippen molar-refractivity contribution in [3.8, 4) is 0 Å². The van der Waals surface area contributed by atoms with Gasteiger partial charge < -0.3 is 4.90 Å². The second-order valence-corrected chi connectivity index (χ2v) is 7.62. The summed E-state index contributed by atoms with van der Waals surface area (Å²) in [5.74, 6) is 0.323. The molecule has 1 aliphatic heterocycles. The highest BCUT2D eigenvalue weighted by Crippen LogP contribution is 2.43. The number of benzene rings is 2. The first-order valence-electron chi connectivity index (χ1n) is 9.18. The lowest BCUT2D eigenvalue weighted by atomic mass is 9.84. The molecule has 0 N–H and O–H groups in total. The maximum absolute atomic E-state index is 4.79. The van der Waals surface area contributed by atoms with Crippen molar-refractivity contribution in [2.45, 2.75) is 37.8 Å². The van der Waals surface area contributed by atoms with E-state index in [1.54, 1.807) is 0 Å². The van der Waals surface area contributed by atoms with E-state index in [0.29, 0.717) is 12.0 Å². The van der Waals surface area contributed by atoms with Crippen molar-refractivity contribution in [1.82, 2.24) is 9.91 Å². The van der Waals surface area contributed by atoms with Crippen LogP contribution in [0.25, 0.3) is 0 Å². The predicted molar refractivity (Wildman–Crippen MR) is 104 cm³/mol. The fourth-order valence-electron chi connectivity index (χ4n) is 4.63. The van der Waals surface area contributed by atoms with Gasteiger partial charge in [0, 0.05) is 18.8 Å². The Balaban J connectivity index is 1.75. The van der Waals surface area contributed by atoms with Crippen molar-refractivity contribution >= 4 is 5.71 Å². The van der Waals surface area contributed by atoms with Crippen LogP contribution in [0.4, 0.5) is 0 Å². The molecule has 0 bridgehead atoms. The number of hydrogen-bond acceptors (Lipinski definition) is 3. The van der Waals surface area contributed by atoms with Gasteiger partial charge in [0.05, 0.1) is 12.0 Å². The molecule has 0 amide bonds. The first-order chi connectivity index (χ1) is 12.1. The summed E-state index contributed by atoms with van der Waals surface area (Å²) in [5.41, 5.74) is 6.94. The van der Waals surface area contributed by atoms with Crippen LogP contribution >= 0.6 is 0 Å². The largest absolute Gasteiger partial charge is 0.302 e. The summed E-state index contributed by atoms with van der Waals surface area (Å²) in [5, 5.41) is 6.94. The Kier molecular flexibility index (Phi) is 4.12. The standard InChI is InChI=1S/C22H27N3/c1-15-21(17-8-6-5-7-9-17)22(25(4)23-15)18-11-10-16-12-13-20(24(2)3)19(16)14-18/h5-11,14,20-22H,12-13H2,1-4H3. The molecule has 4 rings (SSSR count). The Morgan fingerprint density at radius 2 is 1.80 bits per heavy atom. The number of aryl methyl sites for hydroxylation is 1. The maximum atomic E-state index is 4.79. The van der Waals surface area contributed by atoms with Gasteiger partial charge in [-0.2, -0.15) is 5.10 Å². The molecule has 0 saturated heterocycles. The van der Waals surface area contributed by atoms with E-state index in [-0.39, 0.29) is 6.04 Å². The van der Waals surface area contributed by atoms with Crippen molar-refractivity contribution in [3.63, 3.8) is 0 Å². The third kappa shape index (κ3) is 2.77. The van der Waals surface area contributed by atoms with Gasteiger partial charge in [-0.1, -0.05) is 48.5 Å². The first-order valence-corrected chi connectivity index (χ1v) is 9.18. The van der Waals surface area contributed by atoms with E-state index >= 15 is 0 Å². The van der Waals surface area contributed by atoms with E-state index in [9.17, 15) is 0 Å². The second-order valence-electron chi connectivity index (χ2n) is 7.62. The molecule has 3 nitrogen and oxygen atoms in total. The molecule has 25 heavy (non-hydrogen) atoms. The van der Waals surface area contributed by atoms with Crippen molar-refractivity contribution in [3.05, 3.63) is 70.8 Å². The first kappa shape index (κ1) is 16.3. The van der Waals surface area contributed by atoms with Gasteiger partial charge in [0.1, 0.15) is 0 Å². The van der Waals surface area contributed by atoms with Crippen molar-refractivity contribution in [2.75, 3.05) is 21.1 Å². The Bertz CT molecular complexity index is 794. The van der Waals surface area contributed by atoms with Gasteiger partial charge in [0.2, 0.25) is 0 Å². The van der Waals surface area contributed by atoms with Crippen LogP contribution in [0.15, 0.2) is 53.6 Å². The zero-order valence-electron chi connectivity index (χ0n) is 15.6. The average molecular weight is 333 g/mol. The molecule has 2 aromatic rings. The molecule has 3 heteroatoms. The topological polar surface area (TPSA) is 18.8 Å². The third-order valence-corrected chi connectivity index (χ3v) is 5.82. The molecule has 0 aromatic heterocycles. The van der Waals surface area contributed by atoms with Gasteiger partial charge >= 0.3 is 0 Å². The lowest BCUT2D eigenvalue weighted by Crippen LogP contribution is -2.22. The molecule has 3 unspecified atom stereocenters. The lowest BCUT2D eigenvalue weighted by molar-refractivity contribution is 0.273. The van der Waals surface area contributed by atoms with E-state index in [4.69, 9.17) is 5.10 Å². The zero-order valence-corrected chi connectivity index (χ0v) is 15.6. The third-order valence-electron chi connectivity index (χ3n) is 5.82. The molecule has 3 atom stereocenters. The number of hydrazone groups is 1. The minimum atomic E-state index is 0.274. The van der Waals surface area contributed by atoms with Gasteiger partial charge in [0.15, 0.2) is 0 Å². The summed E-state index contributed by atoms with van der Waals surface area (Å²) in [6, 6.07) is 18.7. The van der Waals surface area contributed by atoms with Crippen LogP contribution in [0.5, 0.6) is 0 Å². The molecule has 0 radical (unpaired) electrons. The van der Waals surface area contributed by atoms with Crippen LogP contribution < -0.4 is 0 Å². The molecule has 0 fully saturated rings. The number of likely N-dealkylation sites (N-methyl/N-ethyl adjacent to an activating group) is 1. The van der Waals surface area contributed by atoms with E-state index in [1.807, 2.05) is 0 Å². The number of hydrogen-bond donors (Lipinski definition) is 0. The van der Waals surface area contributed by atoms with E-state index in [0.717, 1.165) is 0 Å². The Morgan fingerprint density at radius 1 is 1.04 bits per heavy atom. The highest BCUT2D eigenvalue weighted by molar-refractivity contribution is 5.91. The van der Waals surface area contributed by atoms with Crippen LogP contribution in [0.2, 0.25) is 0 Å². The maximum Gasteiger partial charge on any atom is 0.0838 e. The smallest absolute Gasteiger partial charge is 0.0838 e. The Labute approximate surface area is 151 Å². The summed E-state index contributed by atoms with van der Waals surface area (Å²) in [7, 11) is 6.48. The number of fused-ring (bicyclic) bond motifs is 1. The Morgan fingerprint density at radius 3 is 2.52 bits per heavy atom. The predicted octanol–water partition coefficient (Wildman–Crippen LogP) is 4.38. The molecule has 0 spiro atoms. The molecular formula is C22H27N3. The highest BCUT2D eigenvalue weighted by atomic mass is 15.5. The lowest BCUT2D eigenvalue weighted by Gasteiger charge is -2.27. The minimum Gasteiger partial charge on any atom is -0.302 e. The SMILES string of the molecule is CC1=NN(C)C(c2ccc3c(c2)C(N(C)C)CC3)C1c1ccccc1. The summed E-state index contributed by atoms with van der Waals surface area (Å²) in [4.78, 5) is 2.35. The summed E-state index contributed by atoms with van der Waals surface area (Å²) in [6.07, 6.45) is 2.42.